The highest BCUT2D eigenvalue weighted by molar-refractivity contribution is 5.20. The second-order valence-corrected chi connectivity index (χ2v) is 6.11. The summed E-state index contributed by atoms with van der Waals surface area (Å²) in [6.45, 7) is 9.46. The van der Waals surface area contributed by atoms with Crippen LogP contribution in [0.25, 0.3) is 0 Å². The lowest BCUT2D eigenvalue weighted by Gasteiger charge is -2.29. The molecule has 1 nitrogen and oxygen atoms in total. The molecule has 1 atom stereocenters. The quantitative estimate of drug-likeness (QED) is 0.777. The van der Waals surface area contributed by atoms with Gasteiger partial charge in [0, 0.05) is 6.04 Å². The minimum Gasteiger partial charge on any atom is -0.314 e. The van der Waals surface area contributed by atoms with Crippen molar-refractivity contribution in [3.8, 4) is 0 Å². The molecule has 3 heteroatoms. The van der Waals surface area contributed by atoms with Gasteiger partial charge in [-0.05, 0) is 49.8 Å². The third-order valence-corrected chi connectivity index (χ3v) is 3.30. The molecule has 1 aromatic carbocycles. The van der Waals surface area contributed by atoms with E-state index in [2.05, 4.69) is 33.0 Å². The van der Waals surface area contributed by atoms with Gasteiger partial charge in [0.2, 0.25) is 0 Å². The molecule has 0 heterocycles. The van der Waals surface area contributed by atoms with E-state index in [9.17, 15) is 8.78 Å². The molecule has 1 unspecified atom stereocenters. The largest absolute Gasteiger partial charge is 0.314 e. The molecule has 0 spiro atoms. The Hall–Kier alpha value is -0.960. The third-order valence-electron chi connectivity index (χ3n) is 3.30. The van der Waals surface area contributed by atoms with Crippen molar-refractivity contribution in [2.45, 2.75) is 53.0 Å². The number of halogens is 2. The second-order valence-electron chi connectivity index (χ2n) is 6.11. The minimum absolute atomic E-state index is 0.0607. The van der Waals surface area contributed by atoms with Gasteiger partial charge in [-0.25, -0.2) is 8.78 Å². The zero-order chi connectivity index (χ0) is 14.5. The summed E-state index contributed by atoms with van der Waals surface area (Å²) in [4.78, 5) is 0. The lowest BCUT2D eigenvalue weighted by atomic mass is 9.80. The van der Waals surface area contributed by atoms with Crippen LogP contribution in [0.2, 0.25) is 0 Å². The van der Waals surface area contributed by atoms with Crippen molar-refractivity contribution in [1.82, 2.24) is 5.32 Å². The molecule has 0 saturated heterocycles. The standard InChI is InChI=1S/C16H25F2N/c1-5-9-19-12(2)10-16(3,4)11-13-7-6-8-14(17)15(13)18/h6-8,12,19H,5,9-11H2,1-4H3. The topological polar surface area (TPSA) is 12.0 Å². The van der Waals surface area contributed by atoms with Gasteiger partial charge in [0.05, 0.1) is 0 Å². The highest BCUT2D eigenvalue weighted by Crippen LogP contribution is 2.29. The summed E-state index contributed by atoms with van der Waals surface area (Å²) in [6.07, 6.45) is 2.58. The van der Waals surface area contributed by atoms with Crippen molar-refractivity contribution in [3.63, 3.8) is 0 Å². The van der Waals surface area contributed by atoms with Crippen LogP contribution >= 0.6 is 0 Å². The van der Waals surface area contributed by atoms with Gasteiger partial charge in [-0.3, -0.25) is 0 Å². The molecule has 0 aliphatic carbocycles. The van der Waals surface area contributed by atoms with Crippen LogP contribution in [-0.4, -0.2) is 12.6 Å². The first-order chi connectivity index (χ1) is 8.85. The predicted molar refractivity (Wildman–Crippen MR) is 76.2 cm³/mol. The van der Waals surface area contributed by atoms with Crippen LogP contribution in [0.15, 0.2) is 18.2 Å². The summed E-state index contributed by atoms with van der Waals surface area (Å²) in [5.74, 6) is -1.46. The fourth-order valence-electron chi connectivity index (χ4n) is 2.56. The van der Waals surface area contributed by atoms with E-state index in [1.165, 1.54) is 0 Å². The van der Waals surface area contributed by atoms with Crippen molar-refractivity contribution >= 4 is 0 Å². The number of benzene rings is 1. The molecular weight excluding hydrogens is 244 g/mol. The molecule has 0 saturated carbocycles. The van der Waals surface area contributed by atoms with Gasteiger partial charge in [-0.15, -0.1) is 0 Å². The monoisotopic (exact) mass is 269 g/mol. The maximum atomic E-state index is 13.7. The Kier molecular flexibility index (Phi) is 5.92. The van der Waals surface area contributed by atoms with Crippen LogP contribution in [0.4, 0.5) is 8.78 Å². The van der Waals surface area contributed by atoms with Crippen molar-refractivity contribution < 1.29 is 8.78 Å². The molecule has 0 amide bonds. The Labute approximate surface area is 115 Å². The van der Waals surface area contributed by atoms with Gasteiger partial charge >= 0.3 is 0 Å². The molecule has 1 N–H and O–H groups in total. The van der Waals surface area contributed by atoms with Crippen molar-refractivity contribution in [2.24, 2.45) is 5.41 Å². The first-order valence-electron chi connectivity index (χ1n) is 7.02. The van der Waals surface area contributed by atoms with Gasteiger partial charge in [0.25, 0.3) is 0 Å². The number of rotatable bonds is 7. The van der Waals surface area contributed by atoms with E-state index in [0.717, 1.165) is 25.5 Å². The zero-order valence-electron chi connectivity index (χ0n) is 12.4. The zero-order valence-corrected chi connectivity index (χ0v) is 12.4. The summed E-state index contributed by atoms with van der Waals surface area (Å²) < 4.78 is 26.9. The van der Waals surface area contributed by atoms with Crippen LogP contribution in [0.5, 0.6) is 0 Å². The fourth-order valence-corrected chi connectivity index (χ4v) is 2.56. The molecular formula is C16H25F2N. The van der Waals surface area contributed by atoms with Gasteiger partial charge in [0.1, 0.15) is 0 Å². The first kappa shape index (κ1) is 16.1. The first-order valence-corrected chi connectivity index (χ1v) is 7.02. The number of hydrogen-bond donors (Lipinski definition) is 1. The van der Waals surface area contributed by atoms with Crippen molar-refractivity contribution in [3.05, 3.63) is 35.4 Å². The molecule has 0 bridgehead atoms. The average molecular weight is 269 g/mol. The lowest BCUT2D eigenvalue weighted by molar-refractivity contribution is 0.283. The van der Waals surface area contributed by atoms with E-state index >= 15 is 0 Å². The highest BCUT2D eigenvalue weighted by Gasteiger charge is 2.23. The molecule has 0 aliphatic rings. The van der Waals surface area contributed by atoms with Gasteiger partial charge in [-0.2, -0.15) is 0 Å². The van der Waals surface area contributed by atoms with E-state index in [4.69, 9.17) is 0 Å². The van der Waals surface area contributed by atoms with Crippen LogP contribution in [0.3, 0.4) is 0 Å². The molecule has 0 aromatic heterocycles. The highest BCUT2D eigenvalue weighted by atomic mass is 19.2. The second kappa shape index (κ2) is 6.99. The lowest BCUT2D eigenvalue weighted by Crippen LogP contribution is -2.32. The number of hydrogen-bond acceptors (Lipinski definition) is 1. The Bertz CT molecular complexity index is 402. The predicted octanol–water partition coefficient (Wildman–Crippen LogP) is 4.31. The van der Waals surface area contributed by atoms with Crippen LogP contribution < -0.4 is 5.32 Å². The summed E-state index contributed by atoms with van der Waals surface area (Å²) in [7, 11) is 0. The van der Waals surface area contributed by atoms with Gasteiger partial charge < -0.3 is 5.32 Å². The summed E-state index contributed by atoms with van der Waals surface area (Å²) in [5.41, 5.74) is 0.405. The van der Waals surface area contributed by atoms with Gasteiger partial charge in [0.15, 0.2) is 11.6 Å². The number of nitrogens with one attached hydrogen (secondary N) is 1. The smallest absolute Gasteiger partial charge is 0.162 e. The Morgan fingerprint density at radius 1 is 1.26 bits per heavy atom. The minimum atomic E-state index is -0.759. The van der Waals surface area contributed by atoms with Gasteiger partial charge in [-0.1, -0.05) is 32.9 Å². The molecule has 19 heavy (non-hydrogen) atoms. The molecule has 0 aliphatic heterocycles. The molecule has 1 rings (SSSR count). The van der Waals surface area contributed by atoms with Crippen LogP contribution in [0, 0.1) is 17.0 Å². The van der Waals surface area contributed by atoms with E-state index in [-0.39, 0.29) is 5.41 Å². The summed E-state index contributed by atoms with van der Waals surface area (Å²) >= 11 is 0. The van der Waals surface area contributed by atoms with Crippen molar-refractivity contribution in [2.75, 3.05) is 6.54 Å². The Morgan fingerprint density at radius 2 is 1.95 bits per heavy atom. The van der Waals surface area contributed by atoms with Crippen LogP contribution in [0.1, 0.15) is 46.1 Å². The van der Waals surface area contributed by atoms with Crippen molar-refractivity contribution in [1.29, 1.82) is 0 Å². The maximum absolute atomic E-state index is 13.7. The third kappa shape index (κ3) is 5.27. The van der Waals surface area contributed by atoms with E-state index in [1.54, 1.807) is 12.1 Å². The molecule has 108 valence electrons. The Balaban J connectivity index is 2.65. The average Bonchev–Trinajstić information content (AvgIpc) is 2.31. The maximum Gasteiger partial charge on any atom is 0.162 e. The van der Waals surface area contributed by atoms with E-state index < -0.39 is 11.6 Å². The van der Waals surface area contributed by atoms with E-state index in [0.29, 0.717) is 18.0 Å². The summed E-state index contributed by atoms with van der Waals surface area (Å²) in [5, 5.41) is 3.43. The van der Waals surface area contributed by atoms with Crippen LogP contribution in [-0.2, 0) is 6.42 Å². The Morgan fingerprint density at radius 3 is 2.58 bits per heavy atom. The summed E-state index contributed by atoms with van der Waals surface area (Å²) in [6, 6.07) is 4.79. The normalized spacial score (nSPS) is 13.6. The molecule has 0 fully saturated rings. The van der Waals surface area contributed by atoms with E-state index in [1.807, 2.05) is 0 Å². The molecule has 1 aromatic rings. The fraction of sp³-hybridized carbons (Fsp3) is 0.625. The molecule has 0 radical (unpaired) electrons. The SMILES string of the molecule is CCCNC(C)CC(C)(C)Cc1cccc(F)c1F.